The van der Waals surface area contributed by atoms with E-state index in [1.807, 2.05) is 24.3 Å². The summed E-state index contributed by atoms with van der Waals surface area (Å²) in [5.74, 6) is 1.46. The maximum absolute atomic E-state index is 15.0. The average molecular weight is 415 g/mol. The fourth-order valence-electron chi connectivity index (χ4n) is 5.01. The van der Waals surface area contributed by atoms with E-state index in [9.17, 15) is 4.39 Å². The van der Waals surface area contributed by atoms with Gasteiger partial charge in [0.15, 0.2) is 0 Å². The number of rotatable bonds is 7. The molecule has 1 heteroatoms. The maximum atomic E-state index is 15.0. The van der Waals surface area contributed by atoms with E-state index < -0.39 is 0 Å². The zero-order chi connectivity index (χ0) is 21.6. The molecule has 1 aliphatic rings. The lowest BCUT2D eigenvalue weighted by molar-refractivity contribution is 0.319. The standard InChI is InChI=1S/C30H35F/c1-3-5-6-23-9-13-27(14-10-23)29-20-19-28(21-30(29)31)26-17-15-25(16-18-26)24-11-7-22(4-2)8-12-24/h9-10,13-22,24H,3-8,11-12H2,1-2H3. The average Bonchev–Trinajstić information content (AvgIpc) is 2.83. The number of hydrogen-bond acceptors (Lipinski definition) is 0. The van der Waals surface area contributed by atoms with Crippen LogP contribution in [-0.2, 0) is 6.42 Å². The van der Waals surface area contributed by atoms with Gasteiger partial charge in [0.05, 0.1) is 0 Å². The number of hydrogen-bond donors (Lipinski definition) is 0. The van der Waals surface area contributed by atoms with Gasteiger partial charge in [-0.05, 0) is 84.2 Å². The van der Waals surface area contributed by atoms with E-state index in [1.165, 1.54) is 56.1 Å². The lowest BCUT2D eigenvalue weighted by Gasteiger charge is -2.28. The third kappa shape index (κ3) is 5.26. The predicted octanol–water partition coefficient (Wildman–Crippen LogP) is 9.19. The molecule has 3 aromatic rings. The van der Waals surface area contributed by atoms with E-state index in [1.54, 1.807) is 6.07 Å². The summed E-state index contributed by atoms with van der Waals surface area (Å²) >= 11 is 0. The number of benzene rings is 3. The largest absolute Gasteiger partial charge is 0.206 e. The molecule has 0 bridgehead atoms. The molecule has 0 radical (unpaired) electrons. The molecule has 0 aliphatic heterocycles. The van der Waals surface area contributed by atoms with Crippen LogP contribution < -0.4 is 0 Å². The molecule has 3 aromatic carbocycles. The van der Waals surface area contributed by atoms with Gasteiger partial charge in [0.25, 0.3) is 0 Å². The van der Waals surface area contributed by atoms with Crippen LogP contribution in [0.3, 0.4) is 0 Å². The van der Waals surface area contributed by atoms with E-state index in [-0.39, 0.29) is 5.82 Å². The van der Waals surface area contributed by atoms with Crippen LogP contribution in [0.25, 0.3) is 22.3 Å². The molecular weight excluding hydrogens is 379 g/mol. The smallest absolute Gasteiger partial charge is 0.131 e. The zero-order valence-corrected chi connectivity index (χ0v) is 19.0. The molecule has 1 fully saturated rings. The Morgan fingerprint density at radius 2 is 1.39 bits per heavy atom. The van der Waals surface area contributed by atoms with Crippen LogP contribution >= 0.6 is 0 Å². The van der Waals surface area contributed by atoms with E-state index in [0.29, 0.717) is 11.5 Å². The van der Waals surface area contributed by atoms with Crippen molar-refractivity contribution in [1.82, 2.24) is 0 Å². The van der Waals surface area contributed by atoms with E-state index in [2.05, 4.69) is 50.2 Å². The van der Waals surface area contributed by atoms with Gasteiger partial charge in [0, 0.05) is 5.56 Å². The van der Waals surface area contributed by atoms with Crippen molar-refractivity contribution in [3.05, 3.63) is 83.7 Å². The van der Waals surface area contributed by atoms with Crippen molar-refractivity contribution in [2.45, 2.75) is 71.1 Å². The highest BCUT2D eigenvalue weighted by Gasteiger charge is 2.21. The van der Waals surface area contributed by atoms with E-state index in [4.69, 9.17) is 0 Å². The summed E-state index contributed by atoms with van der Waals surface area (Å²) in [6.45, 7) is 4.52. The Labute approximate surface area is 187 Å². The summed E-state index contributed by atoms with van der Waals surface area (Å²) < 4.78 is 15.0. The highest BCUT2D eigenvalue weighted by atomic mass is 19.1. The van der Waals surface area contributed by atoms with Crippen molar-refractivity contribution >= 4 is 0 Å². The van der Waals surface area contributed by atoms with Crippen LogP contribution in [0.1, 0.15) is 75.8 Å². The summed E-state index contributed by atoms with van der Waals surface area (Å²) in [6.07, 6.45) is 10.1. The summed E-state index contributed by atoms with van der Waals surface area (Å²) in [5.41, 5.74) is 6.43. The molecule has 0 heterocycles. The first-order valence-electron chi connectivity index (χ1n) is 12.2. The molecule has 0 unspecified atom stereocenters. The molecule has 162 valence electrons. The van der Waals surface area contributed by atoms with Crippen LogP contribution in [0.2, 0.25) is 0 Å². The minimum absolute atomic E-state index is 0.152. The van der Waals surface area contributed by atoms with Gasteiger partial charge in [-0.2, -0.15) is 0 Å². The first-order valence-corrected chi connectivity index (χ1v) is 12.2. The summed E-state index contributed by atoms with van der Waals surface area (Å²) in [4.78, 5) is 0. The third-order valence-electron chi connectivity index (χ3n) is 7.19. The molecule has 0 saturated heterocycles. The molecule has 0 spiro atoms. The molecule has 0 amide bonds. The van der Waals surface area contributed by atoms with Gasteiger partial charge in [-0.25, -0.2) is 4.39 Å². The summed E-state index contributed by atoms with van der Waals surface area (Å²) in [5, 5.41) is 0. The fraction of sp³-hybridized carbons (Fsp3) is 0.400. The Kier molecular flexibility index (Phi) is 7.22. The third-order valence-corrected chi connectivity index (χ3v) is 7.19. The lowest BCUT2D eigenvalue weighted by atomic mass is 9.77. The first kappa shape index (κ1) is 21.8. The van der Waals surface area contributed by atoms with E-state index in [0.717, 1.165) is 29.0 Å². The first-order chi connectivity index (χ1) is 15.2. The SMILES string of the molecule is CCCCc1ccc(-c2ccc(-c3ccc(C4CCC(CC)CC4)cc3)cc2F)cc1. The van der Waals surface area contributed by atoms with Crippen LogP contribution in [0.5, 0.6) is 0 Å². The monoisotopic (exact) mass is 414 g/mol. The van der Waals surface area contributed by atoms with Crippen LogP contribution in [0.4, 0.5) is 4.39 Å². The molecule has 31 heavy (non-hydrogen) atoms. The van der Waals surface area contributed by atoms with Crippen molar-refractivity contribution in [2.75, 3.05) is 0 Å². The topological polar surface area (TPSA) is 0 Å². The number of aryl methyl sites for hydroxylation is 1. The summed E-state index contributed by atoms with van der Waals surface area (Å²) in [6, 6.07) is 22.8. The highest BCUT2D eigenvalue weighted by Crippen LogP contribution is 2.37. The van der Waals surface area contributed by atoms with Crippen molar-refractivity contribution < 1.29 is 4.39 Å². The Balaban J connectivity index is 1.46. The van der Waals surface area contributed by atoms with Crippen LogP contribution in [-0.4, -0.2) is 0 Å². The van der Waals surface area contributed by atoms with Gasteiger partial charge in [0.2, 0.25) is 0 Å². The van der Waals surface area contributed by atoms with Gasteiger partial charge in [-0.1, -0.05) is 87.4 Å². The molecule has 0 atom stereocenters. The van der Waals surface area contributed by atoms with Gasteiger partial charge in [-0.3, -0.25) is 0 Å². The van der Waals surface area contributed by atoms with Gasteiger partial charge < -0.3 is 0 Å². The number of halogens is 1. The quantitative estimate of drug-likeness (QED) is 0.361. The molecule has 4 rings (SSSR count). The van der Waals surface area contributed by atoms with Gasteiger partial charge in [0.1, 0.15) is 5.82 Å². The summed E-state index contributed by atoms with van der Waals surface area (Å²) in [7, 11) is 0. The fourth-order valence-corrected chi connectivity index (χ4v) is 5.01. The molecule has 0 N–H and O–H groups in total. The van der Waals surface area contributed by atoms with Crippen LogP contribution in [0.15, 0.2) is 66.7 Å². The zero-order valence-electron chi connectivity index (χ0n) is 19.0. The van der Waals surface area contributed by atoms with E-state index >= 15 is 0 Å². The Bertz CT molecular complexity index is 960. The Morgan fingerprint density at radius 3 is 2.00 bits per heavy atom. The molecule has 0 aromatic heterocycles. The maximum Gasteiger partial charge on any atom is 0.131 e. The van der Waals surface area contributed by atoms with Crippen molar-refractivity contribution in [3.63, 3.8) is 0 Å². The second-order valence-electron chi connectivity index (χ2n) is 9.24. The van der Waals surface area contributed by atoms with Crippen LogP contribution in [0, 0.1) is 11.7 Å². The molecule has 1 saturated carbocycles. The van der Waals surface area contributed by atoms with Crippen molar-refractivity contribution in [2.24, 2.45) is 5.92 Å². The lowest BCUT2D eigenvalue weighted by Crippen LogP contribution is -2.12. The molecule has 0 nitrogen and oxygen atoms in total. The number of unbranched alkanes of at least 4 members (excludes halogenated alkanes) is 1. The minimum Gasteiger partial charge on any atom is -0.206 e. The second-order valence-corrected chi connectivity index (χ2v) is 9.24. The van der Waals surface area contributed by atoms with Gasteiger partial charge >= 0.3 is 0 Å². The molecule has 1 aliphatic carbocycles. The molecular formula is C30H35F. The van der Waals surface area contributed by atoms with Crippen molar-refractivity contribution in [3.8, 4) is 22.3 Å². The van der Waals surface area contributed by atoms with Crippen molar-refractivity contribution in [1.29, 1.82) is 0 Å². The highest BCUT2D eigenvalue weighted by molar-refractivity contribution is 5.71. The second kappa shape index (κ2) is 10.3. The normalized spacial score (nSPS) is 18.8. The Hall–Kier alpha value is -2.41. The Morgan fingerprint density at radius 1 is 0.742 bits per heavy atom. The minimum atomic E-state index is -0.152. The predicted molar refractivity (Wildman–Crippen MR) is 131 cm³/mol. The van der Waals surface area contributed by atoms with Gasteiger partial charge in [-0.15, -0.1) is 0 Å².